The highest BCUT2D eigenvalue weighted by molar-refractivity contribution is 5.75. The van der Waals surface area contributed by atoms with E-state index in [4.69, 9.17) is 0 Å². The first kappa shape index (κ1) is 13.7. The molecule has 104 valence electrons. The smallest absolute Gasteiger partial charge is 0.320 e. The van der Waals surface area contributed by atoms with Crippen molar-refractivity contribution in [3.8, 4) is 0 Å². The van der Waals surface area contributed by atoms with Gasteiger partial charge in [-0.3, -0.25) is 0 Å². The van der Waals surface area contributed by atoms with Crippen LogP contribution in [0.1, 0.15) is 33.6 Å². The van der Waals surface area contributed by atoms with Crippen molar-refractivity contribution in [3.05, 3.63) is 0 Å². The molecule has 4 heteroatoms. The van der Waals surface area contributed by atoms with Crippen molar-refractivity contribution in [1.29, 1.82) is 0 Å². The molecule has 2 saturated heterocycles. The van der Waals surface area contributed by atoms with E-state index in [2.05, 4.69) is 25.7 Å². The number of carbonyl (C=O) groups excluding carboxylic acids is 1. The number of nitrogens with zero attached hydrogens (tertiary/aromatic N) is 3. The van der Waals surface area contributed by atoms with Crippen molar-refractivity contribution in [2.75, 3.05) is 45.8 Å². The number of hydrogen-bond donors (Lipinski definition) is 0. The van der Waals surface area contributed by atoms with Crippen LogP contribution in [0.5, 0.6) is 0 Å². The van der Waals surface area contributed by atoms with Crippen molar-refractivity contribution >= 4 is 6.03 Å². The second-order valence-corrected chi connectivity index (χ2v) is 5.75. The number of rotatable bonds is 3. The first-order valence-corrected chi connectivity index (χ1v) is 7.40. The molecule has 0 atom stereocenters. The van der Waals surface area contributed by atoms with Crippen LogP contribution in [0, 0.1) is 5.41 Å². The molecule has 4 nitrogen and oxygen atoms in total. The second-order valence-electron chi connectivity index (χ2n) is 5.75. The summed E-state index contributed by atoms with van der Waals surface area (Å²) in [5, 5.41) is 0. The number of urea groups is 1. The van der Waals surface area contributed by atoms with Gasteiger partial charge in [-0.1, -0.05) is 6.92 Å². The Morgan fingerprint density at radius 2 is 1.67 bits per heavy atom. The fraction of sp³-hybridized carbons (Fsp3) is 0.929. The lowest BCUT2D eigenvalue weighted by molar-refractivity contribution is -0.0281. The van der Waals surface area contributed by atoms with Gasteiger partial charge >= 0.3 is 6.03 Å². The maximum atomic E-state index is 12.2. The highest BCUT2D eigenvalue weighted by Gasteiger charge is 2.47. The Hall–Kier alpha value is -0.770. The van der Waals surface area contributed by atoms with Gasteiger partial charge in [0.2, 0.25) is 0 Å². The van der Waals surface area contributed by atoms with Gasteiger partial charge in [-0.2, -0.15) is 0 Å². The zero-order chi connectivity index (χ0) is 13.2. The highest BCUT2D eigenvalue weighted by atomic mass is 16.2. The summed E-state index contributed by atoms with van der Waals surface area (Å²) in [6.45, 7) is 13.5. The number of likely N-dealkylation sites (tertiary alicyclic amines) is 2. The van der Waals surface area contributed by atoms with Crippen molar-refractivity contribution in [1.82, 2.24) is 14.7 Å². The number of piperidine rings is 1. The van der Waals surface area contributed by atoms with E-state index < -0.39 is 0 Å². The monoisotopic (exact) mass is 253 g/mol. The van der Waals surface area contributed by atoms with Crippen LogP contribution in [0.15, 0.2) is 0 Å². The summed E-state index contributed by atoms with van der Waals surface area (Å²) in [7, 11) is 0. The summed E-state index contributed by atoms with van der Waals surface area (Å²) in [6, 6.07) is 0.239. The van der Waals surface area contributed by atoms with Gasteiger partial charge in [0.15, 0.2) is 0 Å². The Morgan fingerprint density at radius 1 is 1.11 bits per heavy atom. The second kappa shape index (κ2) is 5.47. The Labute approximate surface area is 111 Å². The molecule has 2 fully saturated rings. The largest absolute Gasteiger partial charge is 0.325 e. The zero-order valence-corrected chi connectivity index (χ0v) is 12.1. The van der Waals surface area contributed by atoms with Crippen LogP contribution in [0.2, 0.25) is 0 Å². The van der Waals surface area contributed by atoms with Crippen LogP contribution in [0.3, 0.4) is 0 Å². The Balaban J connectivity index is 1.81. The lowest BCUT2D eigenvalue weighted by atomic mass is 9.72. The SMILES string of the molecule is CCN1CCC2(CC1)CN(C(=O)N(CC)CC)C2. The molecule has 2 aliphatic heterocycles. The summed E-state index contributed by atoms with van der Waals surface area (Å²) in [5.74, 6) is 0. The van der Waals surface area contributed by atoms with E-state index in [1.807, 2.05) is 9.80 Å². The molecule has 0 aliphatic carbocycles. The fourth-order valence-corrected chi connectivity index (χ4v) is 3.25. The molecule has 0 bridgehead atoms. The Kier molecular flexibility index (Phi) is 4.15. The maximum absolute atomic E-state index is 12.2. The van der Waals surface area contributed by atoms with Crippen LogP contribution in [-0.2, 0) is 0 Å². The van der Waals surface area contributed by atoms with Gasteiger partial charge in [0.1, 0.15) is 0 Å². The molecule has 2 aliphatic rings. The molecule has 0 N–H and O–H groups in total. The van der Waals surface area contributed by atoms with E-state index >= 15 is 0 Å². The summed E-state index contributed by atoms with van der Waals surface area (Å²) in [4.78, 5) is 18.7. The third-order valence-electron chi connectivity index (χ3n) is 4.72. The average Bonchev–Trinajstić information content (AvgIpc) is 2.37. The summed E-state index contributed by atoms with van der Waals surface area (Å²) in [6.07, 6.45) is 2.53. The molecule has 0 radical (unpaired) electrons. The topological polar surface area (TPSA) is 26.8 Å². The normalized spacial score (nSPS) is 22.9. The van der Waals surface area contributed by atoms with Gasteiger partial charge in [-0.25, -0.2) is 4.79 Å². The summed E-state index contributed by atoms with van der Waals surface area (Å²) >= 11 is 0. The Morgan fingerprint density at radius 3 is 2.11 bits per heavy atom. The highest BCUT2D eigenvalue weighted by Crippen LogP contribution is 2.40. The third-order valence-corrected chi connectivity index (χ3v) is 4.72. The maximum Gasteiger partial charge on any atom is 0.320 e. The summed E-state index contributed by atoms with van der Waals surface area (Å²) < 4.78 is 0. The first-order chi connectivity index (χ1) is 8.64. The van der Waals surface area contributed by atoms with Crippen molar-refractivity contribution in [3.63, 3.8) is 0 Å². The van der Waals surface area contributed by atoms with Gasteiger partial charge < -0.3 is 14.7 Å². The van der Waals surface area contributed by atoms with Crippen molar-refractivity contribution in [2.45, 2.75) is 33.6 Å². The van der Waals surface area contributed by atoms with E-state index in [0.717, 1.165) is 32.7 Å². The molecule has 0 aromatic heterocycles. The van der Waals surface area contributed by atoms with Gasteiger partial charge in [-0.15, -0.1) is 0 Å². The minimum Gasteiger partial charge on any atom is -0.325 e. The van der Waals surface area contributed by atoms with Crippen molar-refractivity contribution in [2.24, 2.45) is 5.41 Å². The molecule has 0 aromatic rings. The van der Waals surface area contributed by atoms with E-state index in [9.17, 15) is 4.79 Å². The third kappa shape index (κ3) is 2.48. The van der Waals surface area contributed by atoms with Gasteiger partial charge in [0.05, 0.1) is 0 Å². The van der Waals surface area contributed by atoms with E-state index in [1.54, 1.807) is 0 Å². The predicted molar refractivity (Wildman–Crippen MR) is 73.7 cm³/mol. The van der Waals surface area contributed by atoms with Crippen LogP contribution in [-0.4, -0.2) is 66.5 Å². The molecule has 18 heavy (non-hydrogen) atoms. The van der Waals surface area contributed by atoms with Gasteiger partial charge in [-0.05, 0) is 46.3 Å². The van der Waals surface area contributed by atoms with Crippen LogP contribution in [0.25, 0.3) is 0 Å². The molecule has 2 rings (SSSR count). The molecule has 2 heterocycles. The number of carbonyl (C=O) groups is 1. The quantitative estimate of drug-likeness (QED) is 0.767. The molecular weight excluding hydrogens is 226 g/mol. The van der Waals surface area contributed by atoms with Crippen molar-refractivity contribution < 1.29 is 4.79 Å². The van der Waals surface area contributed by atoms with Crippen LogP contribution in [0.4, 0.5) is 4.79 Å². The van der Waals surface area contributed by atoms with Crippen LogP contribution >= 0.6 is 0 Å². The lowest BCUT2D eigenvalue weighted by Gasteiger charge is -2.54. The molecule has 1 spiro atoms. The number of hydrogen-bond acceptors (Lipinski definition) is 2. The average molecular weight is 253 g/mol. The van der Waals surface area contributed by atoms with E-state index in [0.29, 0.717) is 5.41 Å². The molecule has 0 unspecified atom stereocenters. The molecule has 0 aromatic carbocycles. The minimum atomic E-state index is 0.239. The van der Waals surface area contributed by atoms with Gasteiger partial charge in [0.25, 0.3) is 0 Å². The minimum absolute atomic E-state index is 0.239. The molecule has 2 amide bonds. The van der Waals surface area contributed by atoms with Crippen LogP contribution < -0.4 is 0 Å². The first-order valence-electron chi connectivity index (χ1n) is 7.40. The standard InChI is InChI=1S/C14H27N3O/c1-4-15-9-7-14(8-10-15)11-17(12-14)13(18)16(5-2)6-3/h4-12H2,1-3H3. The summed E-state index contributed by atoms with van der Waals surface area (Å²) in [5.41, 5.74) is 0.453. The lowest BCUT2D eigenvalue weighted by Crippen LogP contribution is -2.64. The van der Waals surface area contributed by atoms with E-state index in [1.165, 1.54) is 25.9 Å². The Bertz CT molecular complexity index is 285. The molecular formula is C14H27N3O. The number of amides is 2. The van der Waals surface area contributed by atoms with Gasteiger partial charge in [0, 0.05) is 31.6 Å². The predicted octanol–water partition coefficient (Wildman–Crippen LogP) is 1.87. The molecule has 0 saturated carbocycles. The zero-order valence-electron chi connectivity index (χ0n) is 12.1. The fourth-order valence-electron chi connectivity index (χ4n) is 3.25. The van der Waals surface area contributed by atoms with E-state index in [-0.39, 0.29) is 6.03 Å².